The summed E-state index contributed by atoms with van der Waals surface area (Å²) < 4.78 is 0. The number of likely N-dealkylation sites (tertiary alicyclic amines) is 2. The maximum atomic E-state index is 13.0. The summed E-state index contributed by atoms with van der Waals surface area (Å²) in [6, 6.07) is 8.82. The van der Waals surface area contributed by atoms with Crippen LogP contribution in [-0.2, 0) is 4.79 Å². The van der Waals surface area contributed by atoms with E-state index in [1.54, 1.807) is 24.3 Å². The van der Waals surface area contributed by atoms with E-state index in [9.17, 15) is 4.79 Å². The number of carbonyl (C=O) groups excluding carboxylic acids is 1. The van der Waals surface area contributed by atoms with E-state index in [1.807, 2.05) is 4.90 Å². The van der Waals surface area contributed by atoms with E-state index in [0.29, 0.717) is 17.2 Å². The van der Waals surface area contributed by atoms with E-state index in [-0.39, 0.29) is 11.9 Å². The second-order valence-electron chi connectivity index (χ2n) is 7.36. The van der Waals surface area contributed by atoms with Crippen molar-refractivity contribution >= 4 is 28.9 Å². The lowest BCUT2D eigenvalue weighted by atomic mass is 10.1. The van der Waals surface area contributed by atoms with Crippen LogP contribution in [0.4, 0.5) is 5.69 Å². The maximum absolute atomic E-state index is 13.0. The molecule has 0 radical (unpaired) electrons. The van der Waals surface area contributed by atoms with Gasteiger partial charge in [0.15, 0.2) is 5.11 Å². The third-order valence-corrected chi connectivity index (χ3v) is 5.50. The van der Waals surface area contributed by atoms with Crippen LogP contribution in [0.5, 0.6) is 0 Å². The van der Waals surface area contributed by atoms with Gasteiger partial charge < -0.3 is 20.4 Å². The lowest BCUT2D eigenvalue weighted by Gasteiger charge is -2.29. The summed E-state index contributed by atoms with van der Waals surface area (Å²) in [4.78, 5) is 17.2. The number of rotatable bonds is 5. The van der Waals surface area contributed by atoms with E-state index in [4.69, 9.17) is 17.5 Å². The molecule has 0 saturated carbocycles. The predicted octanol–water partition coefficient (Wildman–Crippen LogP) is 2.84. The molecule has 1 atom stereocenters. The summed E-state index contributed by atoms with van der Waals surface area (Å²) in [5.41, 5.74) is 2.42. The number of hydrogen-bond acceptors (Lipinski definition) is 4. The van der Waals surface area contributed by atoms with Crippen LogP contribution in [0, 0.1) is 11.3 Å². The van der Waals surface area contributed by atoms with E-state index in [0.717, 1.165) is 50.3 Å². The molecule has 1 aromatic carbocycles. The Kier molecular flexibility index (Phi) is 6.88. The minimum Gasteiger partial charge on any atom is -0.374 e. The van der Waals surface area contributed by atoms with Crippen LogP contribution in [0.25, 0.3) is 0 Å². The monoisotopic (exact) mass is 397 g/mol. The molecular formula is C21H27N5OS. The minimum absolute atomic E-state index is 0.0850. The van der Waals surface area contributed by atoms with Gasteiger partial charge in [-0.2, -0.15) is 5.26 Å². The largest absolute Gasteiger partial charge is 0.374 e. The fourth-order valence-corrected chi connectivity index (χ4v) is 3.96. The molecule has 6 nitrogen and oxygen atoms in total. The van der Waals surface area contributed by atoms with Crippen molar-refractivity contribution in [3.63, 3.8) is 0 Å². The molecule has 0 bridgehead atoms. The van der Waals surface area contributed by atoms with E-state index >= 15 is 0 Å². The Morgan fingerprint density at radius 2 is 1.86 bits per heavy atom. The number of nitriles is 1. The standard InChI is InChI=1S/C21H27N5OS/c1-16(25-11-4-5-12-25)15-26-13-3-2-6-19(20(26)27)24-21(28)23-18-9-7-17(14-22)8-10-18/h7-10,19H,1-6,11-13,15H2,(H2,23,24,28). The molecule has 2 aliphatic rings. The zero-order valence-corrected chi connectivity index (χ0v) is 16.9. The molecule has 0 aromatic heterocycles. The van der Waals surface area contributed by atoms with E-state index in [2.05, 4.69) is 28.2 Å². The van der Waals surface area contributed by atoms with Crippen molar-refractivity contribution in [2.24, 2.45) is 0 Å². The third-order valence-electron chi connectivity index (χ3n) is 5.28. The number of anilines is 1. The first-order valence-corrected chi connectivity index (χ1v) is 10.3. The van der Waals surface area contributed by atoms with Crippen molar-refractivity contribution in [3.8, 4) is 6.07 Å². The average Bonchev–Trinajstić information content (AvgIpc) is 3.19. The van der Waals surface area contributed by atoms with Crippen LogP contribution in [0.3, 0.4) is 0 Å². The van der Waals surface area contributed by atoms with Crippen LogP contribution < -0.4 is 10.6 Å². The highest BCUT2D eigenvalue weighted by atomic mass is 32.1. The summed E-state index contributed by atoms with van der Waals surface area (Å²) in [5.74, 6) is 0.0850. The molecule has 2 saturated heterocycles. The van der Waals surface area contributed by atoms with Gasteiger partial charge in [-0.1, -0.05) is 6.58 Å². The van der Waals surface area contributed by atoms with Gasteiger partial charge in [-0.05, 0) is 68.6 Å². The fraction of sp³-hybridized carbons (Fsp3) is 0.476. The Bertz CT molecular complexity index is 764. The number of thiocarbonyl (C=S) groups is 1. The molecule has 28 heavy (non-hydrogen) atoms. The quantitative estimate of drug-likeness (QED) is 0.745. The molecule has 2 fully saturated rings. The number of nitrogens with one attached hydrogen (secondary N) is 2. The van der Waals surface area contributed by atoms with Crippen LogP contribution >= 0.6 is 12.2 Å². The molecule has 0 spiro atoms. The minimum atomic E-state index is -0.327. The second-order valence-corrected chi connectivity index (χ2v) is 7.76. The fourth-order valence-electron chi connectivity index (χ4n) is 3.70. The van der Waals surface area contributed by atoms with Crippen molar-refractivity contribution in [1.29, 1.82) is 5.26 Å². The van der Waals surface area contributed by atoms with Crippen molar-refractivity contribution in [2.45, 2.75) is 38.1 Å². The molecule has 1 unspecified atom stereocenters. The molecule has 7 heteroatoms. The highest BCUT2D eigenvalue weighted by Gasteiger charge is 2.28. The molecule has 2 aliphatic heterocycles. The second kappa shape index (κ2) is 9.56. The highest BCUT2D eigenvalue weighted by molar-refractivity contribution is 7.80. The summed E-state index contributed by atoms with van der Waals surface area (Å²) in [7, 11) is 0. The summed E-state index contributed by atoms with van der Waals surface area (Å²) in [6.45, 7) is 7.64. The Labute approximate surface area is 172 Å². The van der Waals surface area contributed by atoms with Crippen LogP contribution in [0.15, 0.2) is 36.5 Å². The van der Waals surface area contributed by atoms with Crippen molar-refractivity contribution in [3.05, 3.63) is 42.1 Å². The Morgan fingerprint density at radius 3 is 2.54 bits per heavy atom. The van der Waals surface area contributed by atoms with Crippen molar-refractivity contribution in [2.75, 3.05) is 31.5 Å². The molecule has 1 amide bonds. The molecule has 148 valence electrons. The van der Waals surface area contributed by atoms with Gasteiger partial charge in [0.25, 0.3) is 0 Å². The molecule has 0 aliphatic carbocycles. The molecular weight excluding hydrogens is 370 g/mol. The summed E-state index contributed by atoms with van der Waals surface area (Å²) in [6.07, 6.45) is 5.14. The first kappa shape index (κ1) is 20.2. The van der Waals surface area contributed by atoms with Gasteiger partial charge in [0.05, 0.1) is 18.2 Å². The van der Waals surface area contributed by atoms with Gasteiger partial charge in [-0.3, -0.25) is 4.79 Å². The zero-order chi connectivity index (χ0) is 19.9. The number of carbonyl (C=O) groups is 1. The predicted molar refractivity (Wildman–Crippen MR) is 115 cm³/mol. The molecule has 1 aromatic rings. The van der Waals surface area contributed by atoms with Crippen LogP contribution in [-0.4, -0.2) is 53.0 Å². The van der Waals surface area contributed by atoms with Crippen LogP contribution in [0.1, 0.15) is 37.7 Å². The maximum Gasteiger partial charge on any atom is 0.245 e. The van der Waals surface area contributed by atoms with Gasteiger partial charge in [-0.25, -0.2) is 0 Å². The highest BCUT2D eigenvalue weighted by Crippen LogP contribution is 2.18. The normalized spacial score (nSPS) is 19.7. The first-order valence-electron chi connectivity index (χ1n) is 9.86. The molecule has 2 heterocycles. The smallest absolute Gasteiger partial charge is 0.245 e. The van der Waals surface area contributed by atoms with Crippen LogP contribution in [0.2, 0.25) is 0 Å². The van der Waals surface area contributed by atoms with Crippen molar-refractivity contribution in [1.82, 2.24) is 15.1 Å². The SMILES string of the molecule is C=C(CN1CCCCC(NC(=S)Nc2ccc(C#N)cc2)C1=O)N1CCCC1. The van der Waals surface area contributed by atoms with Gasteiger partial charge >= 0.3 is 0 Å². The van der Waals surface area contributed by atoms with E-state index < -0.39 is 0 Å². The van der Waals surface area contributed by atoms with Gasteiger partial charge in [0, 0.05) is 31.0 Å². The summed E-state index contributed by atoms with van der Waals surface area (Å²) in [5, 5.41) is 15.6. The number of nitrogens with zero attached hydrogens (tertiary/aromatic N) is 3. The number of hydrogen-bond donors (Lipinski definition) is 2. The Morgan fingerprint density at radius 1 is 1.18 bits per heavy atom. The van der Waals surface area contributed by atoms with E-state index in [1.165, 1.54) is 12.8 Å². The topological polar surface area (TPSA) is 71.4 Å². The lowest BCUT2D eigenvalue weighted by Crippen LogP contribution is -2.49. The number of benzene rings is 1. The lowest BCUT2D eigenvalue weighted by molar-refractivity contribution is -0.132. The zero-order valence-electron chi connectivity index (χ0n) is 16.1. The Balaban J connectivity index is 1.57. The van der Waals surface area contributed by atoms with Gasteiger partial charge in [0.1, 0.15) is 6.04 Å². The summed E-state index contributed by atoms with van der Waals surface area (Å²) >= 11 is 5.41. The molecule has 3 rings (SSSR count). The van der Waals surface area contributed by atoms with Gasteiger partial charge in [-0.15, -0.1) is 0 Å². The Hall–Kier alpha value is -2.59. The average molecular weight is 398 g/mol. The molecule has 2 N–H and O–H groups in total. The van der Waals surface area contributed by atoms with Gasteiger partial charge in [0.2, 0.25) is 5.91 Å². The first-order chi connectivity index (χ1) is 13.6. The third kappa shape index (κ3) is 5.23. The number of amides is 1. The van der Waals surface area contributed by atoms with Crippen molar-refractivity contribution < 1.29 is 4.79 Å².